The number of carbonyl (C=O) groups is 1. The molecule has 2 aromatic rings. The Labute approximate surface area is 129 Å². The first-order valence-electron chi connectivity index (χ1n) is 7.84. The number of piperidine rings is 1. The van der Waals surface area contributed by atoms with Crippen LogP contribution in [0.1, 0.15) is 30.0 Å². The van der Waals surface area contributed by atoms with E-state index in [4.69, 9.17) is 4.74 Å². The van der Waals surface area contributed by atoms with E-state index in [0.717, 1.165) is 42.9 Å². The van der Waals surface area contributed by atoms with Gasteiger partial charge < -0.3 is 9.64 Å². The van der Waals surface area contributed by atoms with Crippen LogP contribution in [0.5, 0.6) is 5.75 Å². The maximum atomic E-state index is 12.8. The first kappa shape index (κ1) is 13.4. The van der Waals surface area contributed by atoms with Gasteiger partial charge in [0.1, 0.15) is 5.75 Å². The van der Waals surface area contributed by atoms with Gasteiger partial charge in [0.15, 0.2) is 6.10 Å². The number of nitrogens with one attached hydrogen (secondary N) is 1. The number of carbonyl (C=O) groups excluding carboxylic acids is 1. The first-order valence-corrected chi connectivity index (χ1v) is 7.84. The third kappa shape index (κ3) is 2.36. The Morgan fingerprint density at radius 3 is 3.05 bits per heavy atom. The Hall–Kier alpha value is -2.30. The van der Waals surface area contributed by atoms with Gasteiger partial charge in [-0.1, -0.05) is 18.2 Å². The summed E-state index contributed by atoms with van der Waals surface area (Å²) < 4.78 is 5.84. The molecule has 0 bridgehead atoms. The summed E-state index contributed by atoms with van der Waals surface area (Å²) in [4.78, 5) is 14.7. The standard InChI is InChI=1S/C17H19N3O2/c21-17(16-10-12-4-1-2-6-15(12)22-16)20-9-3-5-13(11-20)14-7-8-18-19-14/h1-2,4,6-8,13,16H,3,5,9-11H2,(H,18,19)/t13-,16-/m1/s1. The van der Waals surface area contributed by atoms with Crippen molar-refractivity contribution >= 4 is 5.91 Å². The Bertz CT molecular complexity index is 643. The molecule has 2 atom stereocenters. The molecule has 22 heavy (non-hydrogen) atoms. The molecule has 3 heterocycles. The second-order valence-corrected chi connectivity index (χ2v) is 6.05. The second kappa shape index (κ2) is 5.48. The number of fused-ring (bicyclic) bond motifs is 1. The van der Waals surface area contributed by atoms with E-state index in [1.165, 1.54) is 0 Å². The van der Waals surface area contributed by atoms with Crippen LogP contribution in [-0.4, -0.2) is 40.2 Å². The van der Waals surface area contributed by atoms with Crippen LogP contribution >= 0.6 is 0 Å². The van der Waals surface area contributed by atoms with Gasteiger partial charge in [-0.25, -0.2) is 0 Å². The smallest absolute Gasteiger partial charge is 0.264 e. The van der Waals surface area contributed by atoms with Crippen molar-refractivity contribution < 1.29 is 9.53 Å². The molecule has 1 saturated heterocycles. The lowest BCUT2D eigenvalue weighted by molar-refractivity contribution is -0.139. The van der Waals surface area contributed by atoms with E-state index in [9.17, 15) is 4.79 Å². The van der Waals surface area contributed by atoms with Gasteiger partial charge in [0.2, 0.25) is 0 Å². The Kier molecular flexibility index (Phi) is 3.33. The maximum Gasteiger partial charge on any atom is 0.264 e. The monoisotopic (exact) mass is 297 g/mol. The van der Waals surface area contributed by atoms with Gasteiger partial charge in [-0.3, -0.25) is 9.89 Å². The van der Waals surface area contributed by atoms with Gasteiger partial charge in [-0.05, 0) is 30.5 Å². The van der Waals surface area contributed by atoms with Crippen molar-refractivity contribution in [3.8, 4) is 5.75 Å². The molecule has 1 amide bonds. The van der Waals surface area contributed by atoms with Gasteiger partial charge in [-0.15, -0.1) is 0 Å². The number of ether oxygens (including phenoxy) is 1. The van der Waals surface area contributed by atoms with E-state index < -0.39 is 0 Å². The molecule has 1 aromatic heterocycles. The van der Waals surface area contributed by atoms with Gasteiger partial charge in [-0.2, -0.15) is 5.10 Å². The van der Waals surface area contributed by atoms with Gasteiger partial charge in [0, 0.05) is 37.3 Å². The molecule has 5 nitrogen and oxygen atoms in total. The third-order valence-corrected chi connectivity index (χ3v) is 4.62. The molecule has 2 aliphatic heterocycles. The van der Waals surface area contributed by atoms with E-state index >= 15 is 0 Å². The van der Waals surface area contributed by atoms with Crippen molar-refractivity contribution in [1.29, 1.82) is 0 Å². The van der Waals surface area contributed by atoms with Crippen LogP contribution in [0.4, 0.5) is 0 Å². The van der Waals surface area contributed by atoms with Crippen molar-refractivity contribution in [3.63, 3.8) is 0 Å². The summed E-state index contributed by atoms with van der Waals surface area (Å²) in [6.07, 6.45) is 4.21. The van der Waals surface area contributed by atoms with Gasteiger partial charge in [0.05, 0.1) is 0 Å². The number of H-pyrrole nitrogens is 1. The lowest BCUT2D eigenvalue weighted by atomic mass is 9.94. The molecular weight excluding hydrogens is 278 g/mol. The van der Waals surface area contributed by atoms with Crippen LogP contribution in [-0.2, 0) is 11.2 Å². The van der Waals surface area contributed by atoms with E-state index in [1.54, 1.807) is 6.20 Å². The lowest BCUT2D eigenvalue weighted by Gasteiger charge is -2.33. The van der Waals surface area contributed by atoms with Crippen LogP contribution in [0.3, 0.4) is 0 Å². The van der Waals surface area contributed by atoms with Gasteiger partial charge >= 0.3 is 0 Å². The fourth-order valence-corrected chi connectivity index (χ4v) is 3.45. The molecular formula is C17H19N3O2. The summed E-state index contributed by atoms with van der Waals surface area (Å²) >= 11 is 0. The maximum absolute atomic E-state index is 12.8. The van der Waals surface area contributed by atoms with Crippen molar-refractivity contribution in [2.24, 2.45) is 0 Å². The highest BCUT2D eigenvalue weighted by atomic mass is 16.5. The predicted molar refractivity (Wildman–Crippen MR) is 81.7 cm³/mol. The minimum atomic E-state index is -0.363. The first-order chi connectivity index (χ1) is 10.8. The number of benzene rings is 1. The van der Waals surface area contributed by atoms with Crippen LogP contribution < -0.4 is 4.74 Å². The predicted octanol–water partition coefficient (Wildman–Crippen LogP) is 2.12. The largest absolute Gasteiger partial charge is 0.480 e. The number of aromatic amines is 1. The van der Waals surface area contributed by atoms with E-state index in [0.29, 0.717) is 12.3 Å². The minimum Gasteiger partial charge on any atom is -0.480 e. The molecule has 4 rings (SSSR count). The zero-order valence-electron chi connectivity index (χ0n) is 12.4. The molecule has 114 valence electrons. The zero-order valence-corrected chi connectivity index (χ0v) is 12.4. The van der Waals surface area contributed by atoms with Gasteiger partial charge in [0.25, 0.3) is 5.91 Å². The summed E-state index contributed by atoms with van der Waals surface area (Å²) in [6, 6.07) is 9.91. The number of amides is 1. The SMILES string of the molecule is O=C([C@H]1Cc2ccccc2O1)N1CCC[C@@H](c2ccn[nH]2)C1. The van der Waals surface area contributed by atoms with Crippen molar-refractivity contribution in [2.45, 2.75) is 31.3 Å². The average Bonchev–Trinajstić information content (AvgIpc) is 3.23. The minimum absolute atomic E-state index is 0.111. The Morgan fingerprint density at radius 1 is 1.32 bits per heavy atom. The molecule has 0 saturated carbocycles. The van der Waals surface area contributed by atoms with Crippen LogP contribution in [0, 0.1) is 0 Å². The zero-order chi connectivity index (χ0) is 14.9. The van der Waals surface area contributed by atoms with E-state index in [-0.39, 0.29) is 12.0 Å². The van der Waals surface area contributed by atoms with Crippen molar-refractivity contribution in [2.75, 3.05) is 13.1 Å². The number of rotatable bonds is 2. The normalized spacial score (nSPS) is 23.9. The highest BCUT2D eigenvalue weighted by Crippen LogP contribution is 2.31. The summed E-state index contributed by atoms with van der Waals surface area (Å²) in [6.45, 7) is 1.57. The Morgan fingerprint density at radius 2 is 2.23 bits per heavy atom. The number of hydrogen-bond donors (Lipinski definition) is 1. The highest BCUT2D eigenvalue weighted by molar-refractivity contribution is 5.82. The number of hydrogen-bond acceptors (Lipinski definition) is 3. The fourth-order valence-electron chi connectivity index (χ4n) is 3.45. The summed E-state index contributed by atoms with van der Waals surface area (Å²) in [5.41, 5.74) is 2.25. The number of likely N-dealkylation sites (tertiary alicyclic amines) is 1. The molecule has 5 heteroatoms. The van der Waals surface area contributed by atoms with Crippen LogP contribution in [0.2, 0.25) is 0 Å². The number of aromatic nitrogens is 2. The third-order valence-electron chi connectivity index (χ3n) is 4.62. The van der Waals surface area contributed by atoms with Crippen LogP contribution in [0.15, 0.2) is 36.5 Å². The molecule has 2 aliphatic rings. The van der Waals surface area contributed by atoms with Crippen molar-refractivity contribution in [3.05, 3.63) is 47.8 Å². The Balaban J connectivity index is 1.45. The molecule has 1 aromatic carbocycles. The molecule has 1 N–H and O–H groups in total. The molecule has 0 spiro atoms. The molecule has 0 radical (unpaired) electrons. The second-order valence-electron chi connectivity index (χ2n) is 6.05. The molecule has 0 aliphatic carbocycles. The summed E-state index contributed by atoms with van der Waals surface area (Å²) in [5, 5.41) is 7.05. The van der Waals surface area contributed by atoms with E-state index in [2.05, 4.69) is 10.2 Å². The highest BCUT2D eigenvalue weighted by Gasteiger charge is 2.34. The van der Waals surface area contributed by atoms with Crippen molar-refractivity contribution in [1.82, 2.24) is 15.1 Å². The summed E-state index contributed by atoms with van der Waals surface area (Å²) in [7, 11) is 0. The molecule has 1 fully saturated rings. The fraction of sp³-hybridized carbons (Fsp3) is 0.412. The topological polar surface area (TPSA) is 58.2 Å². The van der Waals surface area contributed by atoms with Crippen LogP contribution in [0.25, 0.3) is 0 Å². The lowest BCUT2D eigenvalue weighted by Crippen LogP contribution is -2.46. The number of para-hydroxylation sites is 1. The molecule has 0 unspecified atom stereocenters. The average molecular weight is 297 g/mol. The summed E-state index contributed by atoms with van der Waals surface area (Å²) in [5.74, 6) is 1.31. The quantitative estimate of drug-likeness (QED) is 0.923. The van der Waals surface area contributed by atoms with E-state index in [1.807, 2.05) is 35.2 Å². The number of nitrogens with zero attached hydrogens (tertiary/aromatic N) is 2.